The van der Waals surface area contributed by atoms with E-state index < -0.39 is 0 Å². The number of para-hydroxylation sites is 1. The van der Waals surface area contributed by atoms with Gasteiger partial charge in [-0.2, -0.15) is 5.10 Å². The van der Waals surface area contributed by atoms with Crippen LogP contribution >= 0.6 is 12.2 Å². The van der Waals surface area contributed by atoms with Crippen molar-refractivity contribution in [3.8, 4) is 11.5 Å². The van der Waals surface area contributed by atoms with Crippen LogP contribution in [0.1, 0.15) is 34.7 Å². The van der Waals surface area contributed by atoms with Crippen molar-refractivity contribution in [2.24, 2.45) is 5.10 Å². The Labute approximate surface area is 188 Å². The van der Waals surface area contributed by atoms with Crippen LogP contribution in [0.15, 0.2) is 71.8 Å². The number of aromatic hydroxyl groups is 1. The van der Waals surface area contributed by atoms with Crippen LogP contribution in [0.2, 0.25) is 0 Å². The molecule has 0 spiro atoms. The van der Waals surface area contributed by atoms with Gasteiger partial charge in [0.05, 0.1) is 18.9 Å². The number of nitrogens with zero attached hydrogens (tertiary/aromatic N) is 2. The van der Waals surface area contributed by atoms with Crippen molar-refractivity contribution in [1.29, 1.82) is 0 Å². The quantitative estimate of drug-likeness (QED) is 0.529. The topological polar surface area (TPSA) is 57.1 Å². The molecule has 0 aliphatic carbocycles. The minimum atomic E-state index is -0.0426. The molecule has 0 saturated carbocycles. The Morgan fingerprint density at radius 1 is 1.06 bits per heavy atom. The highest BCUT2D eigenvalue weighted by atomic mass is 32.1. The maximum absolute atomic E-state index is 9.90. The molecule has 0 bridgehead atoms. The number of nitrogens with one attached hydrogen (secondary N) is 1. The van der Waals surface area contributed by atoms with Gasteiger partial charge in [-0.05, 0) is 84.7 Å². The second kappa shape index (κ2) is 8.78. The summed E-state index contributed by atoms with van der Waals surface area (Å²) in [7, 11) is 1.66. The average Bonchev–Trinajstić information content (AvgIpc) is 3.23. The average molecular weight is 432 g/mol. The molecule has 6 heteroatoms. The van der Waals surface area contributed by atoms with Gasteiger partial charge in [-0.25, -0.2) is 5.01 Å². The molecule has 3 aromatic rings. The van der Waals surface area contributed by atoms with Gasteiger partial charge in [-0.3, -0.25) is 0 Å². The molecule has 5 nitrogen and oxygen atoms in total. The Morgan fingerprint density at radius 2 is 1.81 bits per heavy atom. The van der Waals surface area contributed by atoms with Gasteiger partial charge in [-0.1, -0.05) is 30.3 Å². The van der Waals surface area contributed by atoms with Crippen LogP contribution in [-0.4, -0.2) is 28.0 Å². The van der Waals surface area contributed by atoms with Crippen LogP contribution in [0.25, 0.3) is 0 Å². The van der Waals surface area contributed by atoms with E-state index in [-0.39, 0.29) is 11.8 Å². The molecule has 1 heterocycles. The van der Waals surface area contributed by atoms with E-state index in [0.29, 0.717) is 11.5 Å². The van der Waals surface area contributed by atoms with Gasteiger partial charge in [0.15, 0.2) is 5.11 Å². The number of hydrazone groups is 1. The summed E-state index contributed by atoms with van der Waals surface area (Å²) in [5.74, 6) is 1.09. The SMILES string of the molecule is COc1ccc(C2CC(c3ccc(O)c(C)c3)=NN2C(=S)Nc2ccccc2C)cc1. The summed E-state index contributed by atoms with van der Waals surface area (Å²) in [6.07, 6.45) is 0.701. The van der Waals surface area contributed by atoms with E-state index in [9.17, 15) is 5.11 Å². The zero-order valence-electron chi connectivity index (χ0n) is 17.8. The summed E-state index contributed by atoms with van der Waals surface area (Å²) in [4.78, 5) is 0. The first kappa shape index (κ1) is 20.9. The van der Waals surface area contributed by atoms with E-state index in [1.54, 1.807) is 13.2 Å². The predicted octanol–water partition coefficient (Wildman–Crippen LogP) is 5.57. The molecule has 158 valence electrons. The molecular formula is C25H25N3O2S. The molecule has 1 atom stereocenters. The number of anilines is 1. The van der Waals surface area contributed by atoms with E-state index in [2.05, 4.69) is 5.32 Å². The number of rotatable bonds is 4. The Hall–Kier alpha value is -3.38. The number of thiocarbonyl (C=S) groups is 1. The molecule has 0 radical (unpaired) electrons. The smallest absolute Gasteiger partial charge is 0.194 e. The summed E-state index contributed by atoms with van der Waals surface area (Å²) in [6.45, 7) is 3.93. The van der Waals surface area contributed by atoms with Gasteiger partial charge in [0.2, 0.25) is 0 Å². The minimum absolute atomic E-state index is 0.0426. The summed E-state index contributed by atoms with van der Waals surface area (Å²) in [6, 6.07) is 21.6. The number of benzene rings is 3. The molecule has 0 saturated heterocycles. The molecular weight excluding hydrogens is 406 g/mol. The van der Waals surface area contributed by atoms with Crippen LogP contribution < -0.4 is 10.1 Å². The number of hydrogen-bond donors (Lipinski definition) is 2. The molecule has 0 fully saturated rings. The van der Waals surface area contributed by atoms with Crippen LogP contribution in [-0.2, 0) is 0 Å². The largest absolute Gasteiger partial charge is 0.508 e. The second-order valence-corrected chi connectivity index (χ2v) is 8.02. The maximum atomic E-state index is 9.90. The summed E-state index contributed by atoms with van der Waals surface area (Å²) in [5, 5.41) is 20.6. The molecule has 1 aliphatic heterocycles. The van der Waals surface area contributed by atoms with E-state index in [4.69, 9.17) is 22.1 Å². The van der Waals surface area contributed by atoms with E-state index in [1.807, 2.05) is 79.5 Å². The molecule has 1 aliphatic rings. The lowest BCUT2D eigenvalue weighted by Crippen LogP contribution is -2.31. The number of methoxy groups -OCH3 is 1. The Kier molecular flexibility index (Phi) is 5.91. The molecule has 4 rings (SSSR count). The third-order valence-electron chi connectivity index (χ3n) is 5.54. The molecule has 31 heavy (non-hydrogen) atoms. The Bertz CT molecular complexity index is 1140. The first-order valence-corrected chi connectivity index (χ1v) is 10.5. The lowest BCUT2D eigenvalue weighted by Gasteiger charge is -2.25. The van der Waals surface area contributed by atoms with Crippen LogP contribution in [0.5, 0.6) is 11.5 Å². The Morgan fingerprint density at radius 3 is 2.48 bits per heavy atom. The van der Waals surface area contributed by atoms with Gasteiger partial charge >= 0.3 is 0 Å². The fraction of sp³-hybridized carbons (Fsp3) is 0.200. The maximum Gasteiger partial charge on any atom is 0.194 e. The summed E-state index contributed by atoms with van der Waals surface area (Å²) >= 11 is 5.77. The third kappa shape index (κ3) is 4.39. The molecule has 1 unspecified atom stereocenters. The van der Waals surface area contributed by atoms with Crippen molar-refractivity contribution >= 4 is 28.7 Å². The number of hydrogen-bond acceptors (Lipinski definition) is 4. The lowest BCUT2D eigenvalue weighted by atomic mass is 9.97. The highest BCUT2D eigenvalue weighted by Gasteiger charge is 2.31. The van der Waals surface area contributed by atoms with Crippen molar-refractivity contribution in [3.05, 3.63) is 89.0 Å². The number of ether oxygens (including phenoxy) is 1. The van der Waals surface area contributed by atoms with Crippen LogP contribution in [0.3, 0.4) is 0 Å². The first-order valence-electron chi connectivity index (χ1n) is 10.1. The highest BCUT2D eigenvalue weighted by Crippen LogP contribution is 2.35. The fourth-order valence-electron chi connectivity index (χ4n) is 3.68. The van der Waals surface area contributed by atoms with Crippen molar-refractivity contribution in [1.82, 2.24) is 5.01 Å². The van der Waals surface area contributed by atoms with Crippen LogP contribution in [0.4, 0.5) is 5.69 Å². The monoisotopic (exact) mass is 431 g/mol. The van der Waals surface area contributed by atoms with Crippen molar-refractivity contribution in [3.63, 3.8) is 0 Å². The van der Waals surface area contributed by atoms with E-state index in [1.165, 1.54) is 0 Å². The first-order chi connectivity index (χ1) is 15.0. The van der Waals surface area contributed by atoms with Gasteiger partial charge in [-0.15, -0.1) is 0 Å². The number of phenolic OH excluding ortho intramolecular Hbond substituents is 1. The molecule has 0 amide bonds. The standard InChI is InChI=1S/C25H25N3O2S/c1-16-6-4-5-7-21(16)26-25(31)28-23(18-8-11-20(30-3)12-9-18)15-22(27-28)19-10-13-24(29)17(2)14-19/h4-14,23,29H,15H2,1-3H3,(H,26,31). The van der Waals surface area contributed by atoms with Crippen LogP contribution in [0, 0.1) is 13.8 Å². The van der Waals surface area contributed by atoms with Gasteiger partial charge in [0.1, 0.15) is 11.5 Å². The van der Waals surface area contributed by atoms with E-state index >= 15 is 0 Å². The van der Waals surface area contributed by atoms with Crippen molar-refractivity contribution in [2.75, 3.05) is 12.4 Å². The van der Waals surface area contributed by atoms with Gasteiger partial charge < -0.3 is 15.2 Å². The molecule has 0 aromatic heterocycles. The van der Waals surface area contributed by atoms with Gasteiger partial charge in [0.25, 0.3) is 0 Å². The predicted molar refractivity (Wildman–Crippen MR) is 129 cm³/mol. The second-order valence-electron chi connectivity index (χ2n) is 7.63. The van der Waals surface area contributed by atoms with Gasteiger partial charge in [0, 0.05) is 12.1 Å². The normalized spacial score (nSPS) is 15.5. The van der Waals surface area contributed by atoms with Crippen molar-refractivity contribution < 1.29 is 9.84 Å². The van der Waals surface area contributed by atoms with E-state index in [0.717, 1.165) is 39.4 Å². The zero-order chi connectivity index (χ0) is 22.0. The summed E-state index contributed by atoms with van der Waals surface area (Å²) < 4.78 is 5.31. The minimum Gasteiger partial charge on any atom is -0.508 e. The number of aryl methyl sites for hydroxylation is 2. The number of phenols is 1. The third-order valence-corrected chi connectivity index (χ3v) is 5.82. The highest BCUT2D eigenvalue weighted by molar-refractivity contribution is 7.80. The molecule has 2 N–H and O–H groups in total. The van der Waals surface area contributed by atoms with Crippen molar-refractivity contribution in [2.45, 2.75) is 26.3 Å². The lowest BCUT2D eigenvalue weighted by molar-refractivity contribution is 0.374. The molecule has 3 aromatic carbocycles. The fourth-order valence-corrected chi connectivity index (χ4v) is 3.96. The Balaban J connectivity index is 1.68. The summed E-state index contributed by atoms with van der Waals surface area (Å²) in [5.41, 5.74) is 5.91. The zero-order valence-corrected chi connectivity index (χ0v) is 18.6.